The molecule has 0 aliphatic heterocycles. The van der Waals surface area contributed by atoms with E-state index in [2.05, 4.69) is 5.32 Å². The van der Waals surface area contributed by atoms with Crippen molar-refractivity contribution in [2.45, 2.75) is 26.4 Å². The highest BCUT2D eigenvalue weighted by atomic mass is 35.5. The van der Waals surface area contributed by atoms with Crippen LogP contribution in [-0.4, -0.2) is 17.8 Å². The van der Waals surface area contributed by atoms with Gasteiger partial charge in [-0.25, -0.2) is 0 Å². The van der Waals surface area contributed by atoms with Gasteiger partial charge in [0, 0.05) is 6.54 Å². The Hall–Kier alpha value is -0.730. The summed E-state index contributed by atoms with van der Waals surface area (Å²) in [5.74, 6) is 0. The Morgan fingerprint density at radius 2 is 2.21 bits per heavy atom. The minimum absolute atomic E-state index is 0.313. The molecule has 2 nitrogen and oxygen atoms in total. The molecule has 1 aromatic carbocycles. The van der Waals surface area contributed by atoms with Crippen molar-refractivity contribution >= 4 is 17.3 Å². The maximum atomic E-state index is 9.36. The number of aryl methyl sites for hydroxylation is 1. The molecule has 1 unspecified atom stereocenters. The van der Waals surface area contributed by atoms with E-state index in [1.165, 1.54) is 0 Å². The van der Waals surface area contributed by atoms with E-state index in [9.17, 15) is 5.11 Å². The van der Waals surface area contributed by atoms with Gasteiger partial charge < -0.3 is 10.4 Å². The highest BCUT2D eigenvalue weighted by Gasteiger charge is 2.03. The lowest BCUT2D eigenvalue weighted by Gasteiger charge is -2.12. The third kappa shape index (κ3) is 3.20. The lowest BCUT2D eigenvalue weighted by Crippen LogP contribution is -2.18. The number of nitrogens with one attached hydrogen (secondary N) is 1. The minimum atomic E-state index is -0.313. The number of benzene rings is 1. The predicted molar refractivity (Wildman–Crippen MR) is 61.0 cm³/mol. The van der Waals surface area contributed by atoms with Gasteiger partial charge in [0.25, 0.3) is 0 Å². The fraction of sp³-hybridized carbons (Fsp3) is 0.455. The van der Waals surface area contributed by atoms with E-state index in [0.717, 1.165) is 17.7 Å². The van der Waals surface area contributed by atoms with Crippen molar-refractivity contribution in [3.8, 4) is 0 Å². The van der Waals surface area contributed by atoms with E-state index in [0.29, 0.717) is 11.6 Å². The van der Waals surface area contributed by atoms with Crippen LogP contribution >= 0.6 is 11.6 Å². The summed E-state index contributed by atoms with van der Waals surface area (Å²) in [6.45, 7) is 4.49. The van der Waals surface area contributed by atoms with Crippen molar-refractivity contribution in [3.05, 3.63) is 28.8 Å². The summed E-state index contributed by atoms with van der Waals surface area (Å²) < 4.78 is 0. The minimum Gasteiger partial charge on any atom is -0.391 e. The van der Waals surface area contributed by atoms with Gasteiger partial charge in [0.1, 0.15) is 0 Å². The third-order valence-electron chi connectivity index (χ3n) is 2.12. The molecule has 0 radical (unpaired) electrons. The molecule has 0 aliphatic rings. The van der Waals surface area contributed by atoms with Gasteiger partial charge in [0.15, 0.2) is 0 Å². The quantitative estimate of drug-likeness (QED) is 0.806. The third-order valence-corrected chi connectivity index (χ3v) is 2.44. The highest BCUT2D eigenvalue weighted by molar-refractivity contribution is 6.33. The van der Waals surface area contributed by atoms with Gasteiger partial charge in [-0.05, 0) is 31.0 Å². The number of anilines is 1. The van der Waals surface area contributed by atoms with Gasteiger partial charge in [-0.2, -0.15) is 0 Å². The van der Waals surface area contributed by atoms with Gasteiger partial charge in [-0.3, -0.25) is 0 Å². The molecular weight excluding hydrogens is 198 g/mol. The largest absolute Gasteiger partial charge is 0.391 e. The smallest absolute Gasteiger partial charge is 0.0709 e. The molecule has 2 N–H and O–H groups in total. The molecular formula is C11H16ClNO. The molecule has 1 atom stereocenters. The zero-order valence-corrected chi connectivity index (χ0v) is 9.30. The van der Waals surface area contributed by atoms with E-state index in [1.54, 1.807) is 0 Å². The van der Waals surface area contributed by atoms with Crippen LogP contribution in [0.3, 0.4) is 0 Å². The standard InChI is InChI=1S/C11H16ClNO/c1-3-9(14)7-13-11-5-4-8(2)6-10(11)12/h4-6,9,13-14H,3,7H2,1-2H3. The van der Waals surface area contributed by atoms with Crippen LogP contribution in [0.2, 0.25) is 5.02 Å². The van der Waals surface area contributed by atoms with Crippen LogP contribution in [0.4, 0.5) is 5.69 Å². The molecule has 3 heteroatoms. The Morgan fingerprint density at radius 1 is 1.50 bits per heavy atom. The maximum Gasteiger partial charge on any atom is 0.0709 e. The number of hydrogen-bond acceptors (Lipinski definition) is 2. The Kier molecular flexibility index (Phi) is 4.23. The second-order valence-corrected chi connectivity index (χ2v) is 3.83. The van der Waals surface area contributed by atoms with Gasteiger partial charge in [-0.15, -0.1) is 0 Å². The zero-order chi connectivity index (χ0) is 10.6. The van der Waals surface area contributed by atoms with E-state index < -0.39 is 0 Å². The molecule has 0 saturated heterocycles. The van der Waals surface area contributed by atoms with Gasteiger partial charge in [-0.1, -0.05) is 24.6 Å². The summed E-state index contributed by atoms with van der Waals surface area (Å²) in [5, 5.41) is 13.2. The molecule has 0 heterocycles. The van der Waals surface area contributed by atoms with E-state index in [4.69, 9.17) is 11.6 Å². The summed E-state index contributed by atoms with van der Waals surface area (Å²) in [4.78, 5) is 0. The van der Waals surface area contributed by atoms with Crippen LogP contribution in [0, 0.1) is 6.92 Å². The Morgan fingerprint density at radius 3 is 2.79 bits per heavy atom. The highest BCUT2D eigenvalue weighted by Crippen LogP contribution is 2.22. The average Bonchev–Trinajstić information content (AvgIpc) is 2.16. The molecule has 0 aromatic heterocycles. The summed E-state index contributed by atoms with van der Waals surface area (Å²) in [7, 11) is 0. The molecule has 0 saturated carbocycles. The lowest BCUT2D eigenvalue weighted by molar-refractivity contribution is 0.183. The van der Waals surface area contributed by atoms with Gasteiger partial charge >= 0.3 is 0 Å². The van der Waals surface area contributed by atoms with E-state index >= 15 is 0 Å². The molecule has 1 aromatic rings. The SMILES string of the molecule is CCC(O)CNc1ccc(C)cc1Cl. The average molecular weight is 214 g/mol. The first-order valence-electron chi connectivity index (χ1n) is 4.81. The summed E-state index contributed by atoms with van der Waals surface area (Å²) in [6.07, 6.45) is 0.434. The molecule has 0 amide bonds. The van der Waals surface area contributed by atoms with E-state index in [1.807, 2.05) is 32.0 Å². The number of rotatable bonds is 4. The molecule has 14 heavy (non-hydrogen) atoms. The zero-order valence-electron chi connectivity index (χ0n) is 8.55. The van der Waals surface area contributed by atoms with Gasteiger partial charge in [0.05, 0.1) is 16.8 Å². The van der Waals surface area contributed by atoms with Crippen molar-refractivity contribution in [1.29, 1.82) is 0 Å². The Balaban J connectivity index is 2.59. The normalized spacial score (nSPS) is 12.6. The number of aliphatic hydroxyl groups excluding tert-OH is 1. The lowest BCUT2D eigenvalue weighted by atomic mass is 10.2. The number of hydrogen-bond donors (Lipinski definition) is 2. The molecule has 1 rings (SSSR count). The van der Waals surface area contributed by atoms with Crippen molar-refractivity contribution in [1.82, 2.24) is 0 Å². The van der Waals surface area contributed by atoms with Crippen molar-refractivity contribution < 1.29 is 5.11 Å². The predicted octanol–water partition coefficient (Wildman–Crippen LogP) is 2.83. The number of aliphatic hydroxyl groups is 1. The van der Waals surface area contributed by atoms with Crippen LogP contribution in [-0.2, 0) is 0 Å². The van der Waals surface area contributed by atoms with Crippen LogP contribution in [0.1, 0.15) is 18.9 Å². The monoisotopic (exact) mass is 213 g/mol. The van der Waals surface area contributed by atoms with Crippen LogP contribution in [0.5, 0.6) is 0 Å². The maximum absolute atomic E-state index is 9.36. The van der Waals surface area contributed by atoms with E-state index in [-0.39, 0.29) is 6.10 Å². The number of halogens is 1. The fourth-order valence-electron chi connectivity index (χ4n) is 1.14. The first-order chi connectivity index (χ1) is 6.63. The summed E-state index contributed by atoms with van der Waals surface area (Å²) in [5.41, 5.74) is 2.02. The van der Waals surface area contributed by atoms with Crippen molar-refractivity contribution in [2.24, 2.45) is 0 Å². The summed E-state index contributed by atoms with van der Waals surface area (Å²) >= 11 is 6.01. The molecule has 0 spiro atoms. The van der Waals surface area contributed by atoms with Gasteiger partial charge in [0.2, 0.25) is 0 Å². The first-order valence-corrected chi connectivity index (χ1v) is 5.19. The Bertz CT molecular complexity index is 301. The second-order valence-electron chi connectivity index (χ2n) is 3.43. The topological polar surface area (TPSA) is 32.3 Å². The van der Waals surface area contributed by atoms with Crippen LogP contribution in [0.25, 0.3) is 0 Å². The van der Waals surface area contributed by atoms with Crippen molar-refractivity contribution in [2.75, 3.05) is 11.9 Å². The summed E-state index contributed by atoms with van der Waals surface area (Å²) in [6, 6.07) is 5.83. The fourth-order valence-corrected chi connectivity index (χ4v) is 1.44. The molecule has 0 bridgehead atoms. The second kappa shape index (κ2) is 5.23. The van der Waals surface area contributed by atoms with Crippen LogP contribution in [0.15, 0.2) is 18.2 Å². The molecule has 0 fully saturated rings. The molecule has 0 aliphatic carbocycles. The first kappa shape index (κ1) is 11.3. The molecule has 78 valence electrons. The van der Waals surface area contributed by atoms with Crippen molar-refractivity contribution in [3.63, 3.8) is 0 Å². The van der Waals surface area contributed by atoms with Crippen LogP contribution < -0.4 is 5.32 Å². The Labute approximate surface area is 89.9 Å².